The predicted octanol–water partition coefficient (Wildman–Crippen LogP) is 2.22. The van der Waals surface area contributed by atoms with Gasteiger partial charge in [0.1, 0.15) is 0 Å². The van der Waals surface area contributed by atoms with Crippen LogP contribution in [0.1, 0.15) is 24.1 Å². The smallest absolute Gasteiger partial charge is 0.0439 e. The Morgan fingerprint density at radius 3 is 3.00 bits per heavy atom. The second kappa shape index (κ2) is 2.65. The van der Waals surface area contributed by atoms with E-state index in [0.29, 0.717) is 0 Å². The Bertz CT molecular complexity index is 251. The minimum Gasteiger partial charge on any atom is -0.261 e. The fourth-order valence-electron chi connectivity index (χ4n) is 1.29. The molecule has 0 saturated heterocycles. The molecule has 1 aliphatic carbocycles. The maximum Gasteiger partial charge on any atom is 0.0439 e. The number of nitrogens with zero attached hydrogens (tertiary/aromatic N) is 1. The summed E-state index contributed by atoms with van der Waals surface area (Å²) < 4.78 is 0. The van der Waals surface area contributed by atoms with Crippen LogP contribution in [0.15, 0.2) is 18.3 Å². The average molecular weight is 146 g/mol. The zero-order chi connectivity index (χ0) is 7.68. The van der Waals surface area contributed by atoms with Crippen molar-refractivity contribution in [2.24, 2.45) is 5.92 Å². The highest BCUT2D eigenvalue weighted by atomic mass is 14.7. The Kier molecular flexibility index (Phi) is 1.65. The molecule has 0 aliphatic heterocycles. The quantitative estimate of drug-likeness (QED) is 0.623. The van der Waals surface area contributed by atoms with Crippen LogP contribution in [0.2, 0.25) is 0 Å². The molecule has 0 N–H and O–H groups in total. The Morgan fingerprint density at radius 1 is 1.55 bits per heavy atom. The normalized spacial score (nSPS) is 16.8. The summed E-state index contributed by atoms with van der Waals surface area (Å²) in [6.07, 6.45) is 5.79. The van der Waals surface area contributed by atoms with Crippen molar-refractivity contribution in [1.82, 2.24) is 4.98 Å². The third kappa shape index (κ3) is 1.59. The summed E-state index contributed by atoms with van der Waals surface area (Å²) in [7, 11) is 0. The largest absolute Gasteiger partial charge is 0.261 e. The number of rotatable bonds is 2. The third-order valence-corrected chi connectivity index (χ3v) is 2.19. The van der Waals surface area contributed by atoms with Crippen LogP contribution in [0.4, 0.5) is 0 Å². The first-order valence-corrected chi connectivity index (χ1v) is 4.12. The van der Waals surface area contributed by atoms with Crippen LogP contribution < -0.4 is 0 Å². The lowest BCUT2D eigenvalue weighted by Crippen LogP contribution is -1.92. The molecule has 0 unspecified atom stereocenters. The van der Waals surface area contributed by atoms with Gasteiger partial charge in [-0.25, -0.2) is 0 Å². The first kappa shape index (κ1) is 6.84. The highest BCUT2D eigenvalue weighted by Crippen LogP contribution is 2.32. The number of hydrogen-bond donors (Lipinski definition) is 0. The van der Waals surface area contributed by atoms with Gasteiger partial charge < -0.3 is 0 Å². The van der Waals surface area contributed by atoms with Crippen LogP contribution >= 0.6 is 0 Å². The van der Waals surface area contributed by atoms with Gasteiger partial charge in [-0.3, -0.25) is 4.98 Å². The van der Waals surface area contributed by atoms with Crippen LogP contribution in [0.5, 0.6) is 0 Å². The van der Waals surface area contributed by atoms with Crippen molar-refractivity contribution in [3.63, 3.8) is 0 Å². The molecule has 1 nitrogen and oxygen atoms in total. The van der Waals surface area contributed by atoms with Gasteiger partial charge in [0, 0.05) is 11.9 Å². The molecule has 1 aliphatic rings. The minimum atomic E-state index is 0.930. The molecular weight excluding hydrogens is 134 g/mol. The molecule has 1 fully saturated rings. The van der Waals surface area contributed by atoms with E-state index in [4.69, 9.17) is 0 Å². The van der Waals surface area contributed by atoms with Gasteiger partial charge in [-0.1, -0.05) is 6.07 Å². The molecule has 1 heterocycles. The second-order valence-corrected chi connectivity index (χ2v) is 3.26. The molecule has 11 heavy (non-hydrogen) atoms. The number of pyridine rings is 1. The molecule has 1 heteroatoms. The van der Waals surface area contributed by atoms with E-state index in [1.165, 1.54) is 24.8 Å². The fourth-order valence-corrected chi connectivity index (χ4v) is 1.29. The van der Waals surface area contributed by atoms with Crippen molar-refractivity contribution in [2.45, 2.75) is 19.3 Å². The van der Waals surface area contributed by atoms with Gasteiger partial charge in [0.25, 0.3) is 0 Å². The molecule has 2 rings (SSSR count). The molecule has 0 aromatic carbocycles. The molecule has 0 amide bonds. The van der Waals surface area contributed by atoms with Crippen LogP contribution in [0.25, 0.3) is 0 Å². The Labute approximate surface area is 67.5 Å². The van der Waals surface area contributed by atoms with Crippen LogP contribution in [-0.4, -0.2) is 4.98 Å². The molecule has 0 spiro atoms. The molecular formula is C10H12N. The highest BCUT2D eigenvalue weighted by molar-refractivity contribution is 5.23. The lowest BCUT2D eigenvalue weighted by molar-refractivity contribution is 0.823. The van der Waals surface area contributed by atoms with Gasteiger partial charge in [0.05, 0.1) is 0 Å². The van der Waals surface area contributed by atoms with Crippen molar-refractivity contribution >= 4 is 0 Å². The van der Waals surface area contributed by atoms with E-state index in [1.54, 1.807) is 6.20 Å². The highest BCUT2D eigenvalue weighted by Gasteiger charge is 2.21. The first-order chi connectivity index (χ1) is 5.36. The van der Waals surface area contributed by atoms with Gasteiger partial charge in [-0.2, -0.15) is 0 Å². The van der Waals surface area contributed by atoms with Crippen LogP contribution in [0.3, 0.4) is 0 Å². The van der Waals surface area contributed by atoms with Crippen molar-refractivity contribution in [2.75, 3.05) is 0 Å². The van der Waals surface area contributed by atoms with E-state index < -0.39 is 0 Å². The van der Waals surface area contributed by atoms with Gasteiger partial charge in [-0.05, 0) is 43.7 Å². The van der Waals surface area contributed by atoms with Crippen LogP contribution in [0, 0.1) is 12.8 Å². The Hall–Kier alpha value is -0.850. The van der Waals surface area contributed by atoms with E-state index in [-0.39, 0.29) is 0 Å². The average Bonchev–Trinajstić information content (AvgIpc) is 2.78. The maximum absolute atomic E-state index is 4.15. The van der Waals surface area contributed by atoms with E-state index >= 15 is 0 Å². The molecule has 1 aromatic heterocycles. The summed E-state index contributed by atoms with van der Waals surface area (Å²) in [5.41, 5.74) is 2.29. The third-order valence-electron chi connectivity index (χ3n) is 2.19. The van der Waals surface area contributed by atoms with E-state index in [0.717, 1.165) is 11.6 Å². The van der Waals surface area contributed by atoms with Crippen LogP contribution in [-0.2, 0) is 6.42 Å². The summed E-state index contributed by atoms with van der Waals surface area (Å²) >= 11 is 0. The summed E-state index contributed by atoms with van der Waals surface area (Å²) in [5, 5.41) is 0. The van der Waals surface area contributed by atoms with Crippen molar-refractivity contribution in [1.29, 1.82) is 0 Å². The van der Waals surface area contributed by atoms with Gasteiger partial charge in [-0.15, -0.1) is 0 Å². The molecule has 1 aromatic rings. The maximum atomic E-state index is 4.15. The molecule has 0 bridgehead atoms. The summed E-state index contributed by atoms with van der Waals surface area (Å²) in [6, 6.07) is 4.13. The topological polar surface area (TPSA) is 12.9 Å². The SMILES string of the molecule is [CH2]c1ncccc1CC1CC1. The number of aromatic nitrogens is 1. The van der Waals surface area contributed by atoms with Crippen molar-refractivity contribution in [3.8, 4) is 0 Å². The summed E-state index contributed by atoms with van der Waals surface area (Å²) in [6.45, 7) is 3.89. The van der Waals surface area contributed by atoms with Crippen molar-refractivity contribution in [3.05, 3.63) is 36.5 Å². The standard InChI is InChI=1S/C10H12N/c1-8-10(3-2-6-11-8)7-9-4-5-9/h2-3,6,9H,1,4-5,7H2. The predicted molar refractivity (Wildman–Crippen MR) is 45.1 cm³/mol. The lowest BCUT2D eigenvalue weighted by atomic mass is 10.1. The molecule has 0 atom stereocenters. The second-order valence-electron chi connectivity index (χ2n) is 3.26. The van der Waals surface area contributed by atoms with E-state index in [2.05, 4.69) is 18.0 Å². The zero-order valence-electron chi connectivity index (χ0n) is 6.59. The minimum absolute atomic E-state index is 0.930. The zero-order valence-corrected chi connectivity index (χ0v) is 6.59. The summed E-state index contributed by atoms with van der Waals surface area (Å²) in [5.74, 6) is 0.930. The molecule has 1 saturated carbocycles. The molecule has 1 radical (unpaired) electrons. The molecule has 57 valence electrons. The van der Waals surface area contributed by atoms with Crippen molar-refractivity contribution < 1.29 is 0 Å². The van der Waals surface area contributed by atoms with E-state index in [1.807, 2.05) is 6.07 Å². The fraction of sp³-hybridized carbons (Fsp3) is 0.400. The van der Waals surface area contributed by atoms with Gasteiger partial charge in [0.15, 0.2) is 0 Å². The lowest BCUT2D eigenvalue weighted by Gasteiger charge is -2.01. The first-order valence-electron chi connectivity index (χ1n) is 4.12. The Balaban J connectivity index is 2.15. The number of hydrogen-bond acceptors (Lipinski definition) is 1. The van der Waals surface area contributed by atoms with Gasteiger partial charge in [0.2, 0.25) is 0 Å². The van der Waals surface area contributed by atoms with Gasteiger partial charge >= 0.3 is 0 Å². The monoisotopic (exact) mass is 146 g/mol. The summed E-state index contributed by atoms with van der Waals surface area (Å²) in [4.78, 5) is 4.15. The Morgan fingerprint density at radius 2 is 2.36 bits per heavy atom. The van der Waals surface area contributed by atoms with E-state index in [9.17, 15) is 0 Å².